The van der Waals surface area contributed by atoms with Gasteiger partial charge in [0, 0.05) is 38.0 Å². The van der Waals surface area contributed by atoms with Crippen LogP contribution < -0.4 is 11.1 Å². The Hall–Kier alpha value is -2.15. The fourth-order valence-corrected chi connectivity index (χ4v) is 4.47. The van der Waals surface area contributed by atoms with Crippen LogP contribution in [0.1, 0.15) is 36.8 Å². The first-order valence-electron chi connectivity index (χ1n) is 9.15. The quantitative estimate of drug-likeness (QED) is 0.776. The number of aromatic nitrogens is 3. The second-order valence-electron chi connectivity index (χ2n) is 7.70. The van der Waals surface area contributed by atoms with E-state index in [1.165, 1.54) is 11.1 Å². The summed E-state index contributed by atoms with van der Waals surface area (Å²) in [6.07, 6.45) is 5.18. The van der Waals surface area contributed by atoms with Gasteiger partial charge in [-0.1, -0.05) is 6.42 Å². The van der Waals surface area contributed by atoms with E-state index in [0.717, 1.165) is 44.1 Å². The highest BCUT2D eigenvalue weighted by molar-refractivity contribution is 5.12. The Kier molecular flexibility index (Phi) is 3.45. The van der Waals surface area contributed by atoms with Crippen molar-refractivity contribution in [1.29, 1.82) is 0 Å². The van der Waals surface area contributed by atoms with Crippen molar-refractivity contribution in [2.75, 3.05) is 13.1 Å². The summed E-state index contributed by atoms with van der Waals surface area (Å²) in [5.74, 6) is 2.85. The predicted molar refractivity (Wildman–Crippen MR) is 90.3 cm³/mol. The van der Waals surface area contributed by atoms with Gasteiger partial charge in [-0.15, -0.1) is 0 Å². The summed E-state index contributed by atoms with van der Waals surface area (Å²) < 4.78 is 8.51. The minimum Gasteiger partial charge on any atom is -0.468 e. The topological polar surface area (TPSA) is 73.3 Å². The zero-order valence-corrected chi connectivity index (χ0v) is 14.1. The number of hydrogen-bond donors (Lipinski definition) is 0. The highest BCUT2D eigenvalue weighted by atomic mass is 16.3. The number of nitrogens with zero attached hydrogens (tertiary/aromatic N) is 4. The summed E-state index contributed by atoms with van der Waals surface area (Å²) in [6.45, 7) is 3.76. The first-order valence-corrected chi connectivity index (χ1v) is 9.15. The van der Waals surface area contributed by atoms with E-state index >= 15 is 0 Å². The van der Waals surface area contributed by atoms with Crippen molar-refractivity contribution < 1.29 is 4.42 Å². The minimum absolute atomic E-state index is 0.232. The second kappa shape index (κ2) is 5.69. The molecule has 1 saturated heterocycles. The minimum atomic E-state index is -0.455. The van der Waals surface area contributed by atoms with E-state index in [9.17, 15) is 9.59 Å². The maximum Gasteiger partial charge on any atom is 0.332 e. The molecule has 7 heteroatoms. The molecular formula is C18H22N4O3. The van der Waals surface area contributed by atoms with Gasteiger partial charge in [0.05, 0.1) is 12.8 Å². The zero-order valence-electron chi connectivity index (χ0n) is 14.1. The molecule has 2 aliphatic heterocycles. The van der Waals surface area contributed by atoms with E-state index in [2.05, 4.69) is 10.00 Å². The van der Waals surface area contributed by atoms with Gasteiger partial charge in [-0.3, -0.25) is 19.1 Å². The fourth-order valence-electron chi connectivity index (χ4n) is 4.47. The molecule has 4 heterocycles. The summed E-state index contributed by atoms with van der Waals surface area (Å²) >= 11 is 0. The van der Waals surface area contributed by atoms with Crippen molar-refractivity contribution in [3.8, 4) is 0 Å². The Balaban J connectivity index is 1.41. The molecule has 5 rings (SSSR count). The molecule has 0 unspecified atom stereocenters. The Morgan fingerprint density at radius 2 is 2.04 bits per heavy atom. The van der Waals surface area contributed by atoms with Gasteiger partial charge in [0.1, 0.15) is 11.6 Å². The van der Waals surface area contributed by atoms with Crippen LogP contribution >= 0.6 is 0 Å². The Morgan fingerprint density at radius 3 is 2.76 bits per heavy atom. The monoisotopic (exact) mass is 342 g/mol. The van der Waals surface area contributed by atoms with E-state index < -0.39 is 11.1 Å². The van der Waals surface area contributed by atoms with E-state index in [1.54, 1.807) is 10.8 Å². The Morgan fingerprint density at radius 1 is 1.16 bits per heavy atom. The lowest BCUT2D eigenvalue weighted by molar-refractivity contribution is 0.255. The van der Waals surface area contributed by atoms with Crippen molar-refractivity contribution in [3.63, 3.8) is 0 Å². The molecule has 2 aromatic heterocycles. The number of hydrogen-bond acceptors (Lipinski definition) is 5. The van der Waals surface area contributed by atoms with Crippen LogP contribution in [0.5, 0.6) is 0 Å². The molecule has 2 fully saturated rings. The van der Waals surface area contributed by atoms with E-state index in [0.29, 0.717) is 24.9 Å². The molecule has 25 heavy (non-hydrogen) atoms. The maximum atomic E-state index is 12.5. The molecule has 0 spiro atoms. The lowest BCUT2D eigenvalue weighted by atomic mass is 9.85. The molecule has 132 valence electrons. The zero-order chi connectivity index (χ0) is 17.0. The third-order valence-electron chi connectivity index (χ3n) is 6.04. The molecule has 1 saturated carbocycles. The van der Waals surface area contributed by atoms with Crippen LogP contribution in [0.2, 0.25) is 0 Å². The number of likely N-dealkylation sites (tertiary alicyclic amines) is 1. The highest BCUT2D eigenvalue weighted by Gasteiger charge is 2.42. The van der Waals surface area contributed by atoms with Crippen molar-refractivity contribution in [2.45, 2.75) is 44.8 Å². The lowest BCUT2D eigenvalue weighted by Gasteiger charge is -2.25. The van der Waals surface area contributed by atoms with Crippen LogP contribution in [0.3, 0.4) is 0 Å². The van der Waals surface area contributed by atoms with Gasteiger partial charge in [-0.25, -0.2) is 4.68 Å². The fraction of sp³-hybridized carbons (Fsp3) is 0.611. The molecule has 0 amide bonds. The Labute approximate surface area is 144 Å². The van der Waals surface area contributed by atoms with Gasteiger partial charge in [-0.2, -0.15) is 5.10 Å². The van der Waals surface area contributed by atoms with Gasteiger partial charge < -0.3 is 4.42 Å². The van der Waals surface area contributed by atoms with Crippen molar-refractivity contribution in [3.05, 3.63) is 50.7 Å². The highest BCUT2D eigenvalue weighted by Crippen LogP contribution is 2.37. The van der Waals surface area contributed by atoms with Gasteiger partial charge in [0.25, 0.3) is 0 Å². The summed E-state index contributed by atoms with van der Waals surface area (Å²) in [7, 11) is 0. The maximum absolute atomic E-state index is 12.5. The van der Waals surface area contributed by atoms with E-state index in [-0.39, 0.29) is 5.92 Å². The lowest BCUT2D eigenvalue weighted by Crippen LogP contribution is -2.45. The summed E-state index contributed by atoms with van der Waals surface area (Å²) in [6, 6.07) is 3.89. The van der Waals surface area contributed by atoms with Crippen LogP contribution in [-0.4, -0.2) is 32.3 Å². The normalized spacial score (nSPS) is 25.8. The number of furan rings is 1. The van der Waals surface area contributed by atoms with Gasteiger partial charge >= 0.3 is 11.1 Å². The molecule has 7 nitrogen and oxygen atoms in total. The SMILES string of the molecule is O=c1c(=O)n2c(nn1CC1CCC1)[C@H]1CN(Cc3ccco3)C[C@H]1C2. The van der Waals surface area contributed by atoms with Crippen LogP contribution in [0.15, 0.2) is 32.4 Å². The smallest absolute Gasteiger partial charge is 0.332 e. The Bertz CT molecular complexity index is 894. The standard InChI is InChI=1S/C18H22N4O3/c23-17-18(24)22(7-12-3-1-4-12)19-16-15-11-20(8-13(15)9-21(16)17)10-14-5-2-6-25-14/h2,5-6,12-13,15H,1,3-4,7-11H2/t13-,15-/m0/s1. The van der Waals surface area contributed by atoms with Crippen LogP contribution in [0.25, 0.3) is 0 Å². The van der Waals surface area contributed by atoms with Crippen LogP contribution in [0.4, 0.5) is 0 Å². The van der Waals surface area contributed by atoms with Gasteiger partial charge in [-0.05, 0) is 30.9 Å². The van der Waals surface area contributed by atoms with Crippen molar-refractivity contribution in [2.24, 2.45) is 11.8 Å². The third-order valence-corrected chi connectivity index (χ3v) is 6.04. The molecule has 0 radical (unpaired) electrons. The number of fused-ring (bicyclic) bond motifs is 3. The molecule has 0 N–H and O–H groups in total. The number of rotatable bonds is 4. The molecule has 0 bridgehead atoms. The molecule has 2 aromatic rings. The summed E-state index contributed by atoms with van der Waals surface area (Å²) in [5.41, 5.74) is -0.848. The summed E-state index contributed by atoms with van der Waals surface area (Å²) in [4.78, 5) is 27.2. The van der Waals surface area contributed by atoms with E-state index in [4.69, 9.17) is 4.42 Å². The van der Waals surface area contributed by atoms with Gasteiger partial charge in [0.15, 0.2) is 0 Å². The molecule has 2 atom stereocenters. The molecule has 3 aliphatic rings. The second-order valence-corrected chi connectivity index (χ2v) is 7.70. The average Bonchev–Trinajstić information content (AvgIpc) is 3.25. The first kappa shape index (κ1) is 15.1. The third kappa shape index (κ3) is 2.49. The van der Waals surface area contributed by atoms with Crippen LogP contribution in [-0.2, 0) is 19.6 Å². The van der Waals surface area contributed by atoms with Crippen molar-refractivity contribution in [1.82, 2.24) is 19.2 Å². The van der Waals surface area contributed by atoms with E-state index in [1.807, 2.05) is 12.1 Å². The molecule has 0 aromatic carbocycles. The summed E-state index contributed by atoms with van der Waals surface area (Å²) in [5, 5.41) is 4.63. The molecular weight excluding hydrogens is 320 g/mol. The largest absolute Gasteiger partial charge is 0.468 e. The average molecular weight is 342 g/mol. The van der Waals surface area contributed by atoms with Crippen LogP contribution in [0, 0.1) is 11.8 Å². The molecule has 1 aliphatic carbocycles. The predicted octanol–water partition coefficient (Wildman–Crippen LogP) is 1.03. The van der Waals surface area contributed by atoms with Gasteiger partial charge in [0.2, 0.25) is 0 Å². The first-order chi connectivity index (χ1) is 12.2. The van der Waals surface area contributed by atoms with Crippen molar-refractivity contribution >= 4 is 0 Å².